The molecule has 0 bridgehead atoms. The van der Waals surface area contributed by atoms with Crippen LogP contribution in [0, 0.1) is 5.92 Å². The molecule has 2 atom stereocenters. The summed E-state index contributed by atoms with van der Waals surface area (Å²) in [5, 5.41) is 5.51. The average molecular weight is 314 g/mol. The molecule has 2 aliphatic carbocycles. The molecule has 114 valence electrons. The molecule has 2 saturated carbocycles. The minimum atomic E-state index is -0.172. The number of furan rings is 1. The first-order chi connectivity index (χ1) is 10.7. The Morgan fingerprint density at radius 2 is 2.27 bits per heavy atom. The molecule has 2 aromatic heterocycles. The van der Waals surface area contributed by atoms with Gasteiger partial charge >= 0.3 is 0 Å². The Hall–Kier alpha value is -1.88. The zero-order valence-corrected chi connectivity index (χ0v) is 13.2. The Morgan fingerprint density at radius 1 is 1.45 bits per heavy atom. The summed E-state index contributed by atoms with van der Waals surface area (Å²) >= 11 is 1.48. The fraction of sp³-hybridized carbons (Fsp3) is 0.412. The van der Waals surface area contributed by atoms with Crippen LogP contribution in [0.25, 0.3) is 6.08 Å². The zero-order valence-electron chi connectivity index (χ0n) is 12.4. The summed E-state index contributed by atoms with van der Waals surface area (Å²) in [5.74, 6) is 3.48. The van der Waals surface area contributed by atoms with Crippen LogP contribution < -0.4 is 5.32 Å². The summed E-state index contributed by atoms with van der Waals surface area (Å²) in [7, 11) is 0. The first-order valence-electron chi connectivity index (χ1n) is 7.73. The van der Waals surface area contributed by atoms with Crippen molar-refractivity contribution in [2.45, 2.75) is 38.0 Å². The number of hydrogen-bond acceptors (Lipinski definition) is 4. The van der Waals surface area contributed by atoms with Gasteiger partial charge in [0.05, 0.1) is 5.69 Å². The summed E-state index contributed by atoms with van der Waals surface area (Å²) in [4.78, 5) is 16.4. The standard InChI is InChI=1S/C17H18N2O2S/c1-10-8-13(10)15-6-4-12(21-15)5-7-16(20)19-17-18-14(9-22-17)11-2-3-11/h4-7,9-11,13H,2-3,8H2,1H3,(H,18,19,20)/b7-5+/t10-,13+/m1/s1. The Morgan fingerprint density at radius 3 is 3.00 bits per heavy atom. The third kappa shape index (κ3) is 2.99. The quantitative estimate of drug-likeness (QED) is 0.833. The molecule has 0 aliphatic heterocycles. The Balaban J connectivity index is 1.35. The zero-order chi connectivity index (χ0) is 15.1. The lowest BCUT2D eigenvalue weighted by molar-refractivity contribution is -0.111. The van der Waals surface area contributed by atoms with Crippen LogP contribution in [0.3, 0.4) is 0 Å². The average Bonchev–Trinajstić information content (AvgIpc) is 3.38. The Labute approximate surface area is 133 Å². The number of carbonyl (C=O) groups excluding carboxylic acids is 1. The number of nitrogens with one attached hydrogen (secondary N) is 1. The molecule has 4 nitrogen and oxygen atoms in total. The van der Waals surface area contributed by atoms with Crippen LogP contribution in [-0.2, 0) is 4.79 Å². The van der Waals surface area contributed by atoms with Gasteiger partial charge in [-0.15, -0.1) is 11.3 Å². The molecule has 5 heteroatoms. The first kappa shape index (κ1) is 13.8. The highest BCUT2D eigenvalue weighted by Crippen LogP contribution is 2.47. The predicted molar refractivity (Wildman–Crippen MR) is 87.0 cm³/mol. The van der Waals surface area contributed by atoms with E-state index in [1.54, 1.807) is 6.08 Å². The normalized spacial score (nSPS) is 23.9. The van der Waals surface area contributed by atoms with Crippen LogP contribution in [0.4, 0.5) is 5.13 Å². The number of hydrogen-bond donors (Lipinski definition) is 1. The maximum absolute atomic E-state index is 11.9. The van der Waals surface area contributed by atoms with Gasteiger partial charge in [0.25, 0.3) is 0 Å². The maximum Gasteiger partial charge on any atom is 0.250 e. The lowest BCUT2D eigenvalue weighted by Gasteiger charge is -1.95. The van der Waals surface area contributed by atoms with E-state index in [0.29, 0.717) is 17.0 Å². The summed E-state index contributed by atoms with van der Waals surface area (Å²) in [5.41, 5.74) is 1.11. The number of amides is 1. The van der Waals surface area contributed by atoms with Gasteiger partial charge in [-0.1, -0.05) is 6.92 Å². The van der Waals surface area contributed by atoms with Crippen molar-refractivity contribution in [1.82, 2.24) is 4.98 Å². The molecule has 0 unspecified atom stereocenters. The summed E-state index contributed by atoms with van der Waals surface area (Å²) in [6.45, 7) is 2.22. The third-order valence-electron chi connectivity index (χ3n) is 4.27. The van der Waals surface area contributed by atoms with Crippen LogP contribution in [0.5, 0.6) is 0 Å². The van der Waals surface area contributed by atoms with Gasteiger partial charge in [0.15, 0.2) is 5.13 Å². The lowest BCUT2D eigenvalue weighted by atomic mass is 10.3. The van der Waals surface area contributed by atoms with E-state index in [1.807, 2.05) is 17.5 Å². The van der Waals surface area contributed by atoms with Gasteiger partial charge in [-0.2, -0.15) is 0 Å². The monoisotopic (exact) mass is 314 g/mol. The van der Waals surface area contributed by atoms with E-state index in [2.05, 4.69) is 17.2 Å². The number of aromatic nitrogens is 1. The Bertz CT molecular complexity index is 727. The van der Waals surface area contributed by atoms with Gasteiger partial charge < -0.3 is 4.42 Å². The van der Waals surface area contributed by atoms with Crippen LogP contribution in [0.1, 0.15) is 55.2 Å². The van der Waals surface area contributed by atoms with Crippen molar-refractivity contribution in [2.24, 2.45) is 5.92 Å². The molecule has 2 heterocycles. The highest BCUT2D eigenvalue weighted by Gasteiger charge is 2.36. The van der Waals surface area contributed by atoms with E-state index in [0.717, 1.165) is 23.1 Å². The minimum Gasteiger partial charge on any atom is -0.461 e. The molecule has 4 rings (SSSR count). The van der Waals surface area contributed by atoms with Gasteiger partial charge in [-0.25, -0.2) is 4.98 Å². The molecule has 2 aliphatic rings. The van der Waals surface area contributed by atoms with Crippen LogP contribution >= 0.6 is 11.3 Å². The van der Waals surface area contributed by atoms with Gasteiger partial charge in [0.1, 0.15) is 11.5 Å². The summed E-state index contributed by atoms with van der Waals surface area (Å²) in [6.07, 6.45) is 6.85. The van der Waals surface area contributed by atoms with Crippen molar-refractivity contribution in [3.63, 3.8) is 0 Å². The largest absolute Gasteiger partial charge is 0.461 e. The van der Waals surface area contributed by atoms with Crippen LogP contribution in [0.15, 0.2) is 28.0 Å². The van der Waals surface area contributed by atoms with Crippen molar-refractivity contribution in [2.75, 3.05) is 5.32 Å². The molecule has 0 saturated heterocycles. The smallest absolute Gasteiger partial charge is 0.250 e. The van der Waals surface area contributed by atoms with E-state index in [9.17, 15) is 4.79 Å². The fourth-order valence-corrected chi connectivity index (χ4v) is 3.39. The highest BCUT2D eigenvalue weighted by atomic mass is 32.1. The second-order valence-electron chi connectivity index (χ2n) is 6.23. The second-order valence-corrected chi connectivity index (χ2v) is 7.09. The molecule has 22 heavy (non-hydrogen) atoms. The van der Waals surface area contributed by atoms with Crippen LogP contribution in [-0.4, -0.2) is 10.9 Å². The Kier molecular flexibility index (Phi) is 3.37. The second kappa shape index (κ2) is 5.39. The molecular weight excluding hydrogens is 296 g/mol. The van der Waals surface area contributed by atoms with E-state index in [-0.39, 0.29) is 5.91 Å². The maximum atomic E-state index is 11.9. The predicted octanol–water partition coefficient (Wildman–Crippen LogP) is 4.39. The van der Waals surface area contributed by atoms with Crippen molar-refractivity contribution >= 4 is 28.5 Å². The molecule has 2 aromatic rings. The van der Waals surface area contributed by atoms with Gasteiger partial charge in [-0.05, 0) is 43.4 Å². The number of carbonyl (C=O) groups is 1. The molecule has 0 spiro atoms. The number of nitrogens with zero attached hydrogens (tertiary/aromatic N) is 1. The molecule has 0 aromatic carbocycles. The van der Waals surface area contributed by atoms with Gasteiger partial charge in [0.2, 0.25) is 5.91 Å². The van der Waals surface area contributed by atoms with Crippen molar-refractivity contribution in [3.8, 4) is 0 Å². The van der Waals surface area contributed by atoms with Crippen molar-refractivity contribution in [1.29, 1.82) is 0 Å². The molecule has 0 radical (unpaired) electrons. The molecular formula is C17H18N2O2S. The number of anilines is 1. The van der Waals surface area contributed by atoms with Gasteiger partial charge in [0, 0.05) is 23.3 Å². The van der Waals surface area contributed by atoms with Gasteiger partial charge in [-0.3, -0.25) is 10.1 Å². The fourth-order valence-electron chi connectivity index (χ4n) is 2.59. The summed E-state index contributed by atoms with van der Waals surface area (Å²) < 4.78 is 5.74. The molecule has 1 amide bonds. The SMILES string of the molecule is C[C@@H]1C[C@@H]1c1ccc(/C=C/C(=O)Nc2nc(C3CC3)cs2)o1. The topological polar surface area (TPSA) is 55.1 Å². The summed E-state index contributed by atoms with van der Waals surface area (Å²) in [6, 6.07) is 3.92. The van der Waals surface area contributed by atoms with Crippen LogP contribution in [0.2, 0.25) is 0 Å². The van der Waals surface area contributed by atoms with Crippen molar-refractivity contribution < 1.29 is 9.21 Å². The number of thiazole rings is 1. The highest BCUT2D eigenvalue weighted by molar-refractivity contribution is 7.14. The van der Waals surface area contributed by atoms with E-state index in [1.165, 1.54) is 36.7 Å². The van der Waals surface area contributed by atoms with Crippen molar-refractivity contribution in [3.05, 3.63) is 40.8 Å². The minimum absolute atomic E-state index is 0.172. The van der Waals surface area contributed by atoms with E-state index >= 15 is 0 Å². The van der Waals surface area contributed by atoms with E-state index < -0.39 is 0 Å². The third-order valence-corrected chi connectivity index (χ3v) is 5.05. The number of rotatable bonds is 5. The molecule has 1 N–H and O–H groups in total. The van der Waals surface area contributed by atoms with E-state index in [4.69, 9.17) is 4.42 Å². The lowest BCUT2D eigenvalue weighted by Crippen LogP contribution is -2.07. The first-order valence-corrected chi connectivity index (χ1v) is 8.61. The molecule has 2 fully saturated rings.